The van der Waals surface area contributed by atoms with E-state index in [0.717, 1.165) is 10.6 Å². The highest BCUT2D eigenvalue weighted by Gasteiger charge is 2.47. The number of benzene rings is 1. The van der Waals surface area contributed by atoms with E-state index in [1.807, 2.05) is 23.6 Å². The van der Waals surface area contributed by atoms with E-state index in [0.29, 0.717) is 11.5 Å². The third-order valence-corrected chi connectivity index (χ3v) is 6.11. The number of aromatic nitrogens is 1. The zero-order valence-electron chi connectivity index (χ0n) is 16.6. The molecule has 1 aromatic heterocycles. The number of hydrogen-bond donors (Lipinski definition) is 0. The third-order valence-electron chi connectivity index (χ3n) is 4.07. The molecule has 8 nitrogen and oxygen atoms in total. The summed E-state index contributed by atoms with van der Waals surface area (Å²) < 4.78 is 22.2. The van der Waals surface area contributed by atoms with E-state index < -0.39 is 41.7 Å². The summed E-state index contributed by atoms with van der Waals surface area (Å²) in [4.78, 5) is 39.2. The van der Waals surface area contributed by atoms with E-state index in [1.165, 1.54) is 43.9 Å². The maximum atomic E-state index is 11.7. The quantitative estimate of drug-likeness (QED) is 0.484. The van der Waals surface area contributed by atoms with E-state index in [1.54, 1.807) is 12.3 Å². The molecule has 30 heavy (non-hydrogen) atoms. The van der Waals surface area contributed by atoms with E-state index in [9.17, 15) is 14.4 Å². The molecule has 0 bridgehead atoms. The van der Waals surface area contributed by atoms with E-state index >= 15 is 0 Å². The van der Waals surface area contributed by atoms with Gasteiger partial charge < -0.3 is 18.9 Å². The molecule has 0 unspecified atom stereocenters. The summed E-state index contributed by atoms with van der Waals surface area (Å²) in [5.41, 5.74) is 0.221. The molecule has 1 saturated heterocycles. The van der Waals surface area contributed by atoms with Gasteiger partial charge in [-0.1, -0.05) is 12.1 Å². The number of ether oxygens (including phenoxy) is 4. The van der Waals surface area contributed by atoms with Gasteiger partial charge in [-0.05, 0) is 12.1 Å². The highest BCUT2D eigenvalue weighted by molar-refractivity contribution is 7.99. The van der Waals surface area contributed by atoms with Gasteiger partial charge in [0, 0.05) is 43.7 Å². The SMILES string of the molecule is CC(=O)O[C@@H]1[C@@H](OC(C)=O)[C@@H](Oc2cccc(-c3nccs3)c2)SC[C@H]1OC(C)=O. The molecule has 10 heteroatoms. The predicted octanol–water partition coefficient (Wildman–Crippen LogP) is 3.06. The average molecular weight is 452 g/mol. The van der Waals surface area contributed by atoms with Gasteiger partial charge in [-0.15, -0.1) is 23.1 Å². The molecular formula is C20H21NO7S2. The molecule has 2 heterocycles. The molecule has 1 aliphatic heterocycles. The Morgan fingerprint density at radius 1 is 1.00 bits per heavy atom. The van der Waals surface area contributed by atoms with Crippen molar-refractivity contribution in [2.24, 2.45) is 0 Å². The smallest absolute Gasteiger partial charge is 0.303 e. The van der Waals surface area contributed by atoms with Crippen molar-refractivity contribution in [3.8, 4) is 16.3 Å². The number of thioether (sulfide) groups is 1. The number of hydrogen-bond acceptors (Lipinski definition) is 10. The summed E-state index contributed by atoms with van der Waals surface area (Å²) in [6.45, 7) is 3.76. The second-order valence-corrected chi connectivity index (χ2v) is 8.51. The van der Waals surface area contributed by atoms with Gasteiger partial charge in [-0.2, -0.15) is 0 Å². The number of esters is 3. The summed E-state index contributed by atoms with van der Waals surface area (Å²) >= 11 is 2.82. The van der Waals surface area contributed by atoms with E-state index in [2.05, 4.69) is 4.98 Å². The Labute approximate surface area is 181 Å². The van der Waals surface area contributed by atoms with Gasteiger partial charge >= 0.3 is 17.9 Å². The lowest BCUT2D eigenvalue weighted by Gasteiger charge is -2.39. The molecule has 0 aliphatic carbocycles. The van der Waals surface area contributed by atoms with E-state index in [-0.39, 0.29) is 0 Å². The summed E-state index contributed by atoms with van der Waals surface area (Å²) in [5.74, 6) is -0.802. The molecule has 0 saturated carbocycles. The lowest BCUT2D eigenvalue weighted by Crippen LogP contribution is -2.55. The Bertz CT molecular complexity index is 902. The second-order valence-electron chi connectivity index (χ2n) is 6.48. The van der Waals surface area contributed by atoms with Gasteiger partial charge in [0.05, 0.1) is 0 Å². The zero-order valence-corrected chi connectivity index (χ0v) is 18.2. The van der Waals surface area contributed by atoms with Crippen molar-refractivity contribution in [3.63, 3.8) is 0 Å². The molecule has 1 fully saturated rings. The minimum absolute atomic E-state index is 0.312. The van der Waals surface area contributed by atoms with Crippen molar-refractivity contribution in [1.29, 1.82) is 0 Å². The fourth-order valence-electron chi connectivity index (χ4n) is 3.01. The fourth-order valence-corrected chi connectivity index (χ4v) is 4.86. The van der Waals surface area contributed by atoms with Crippen LogP contribution in [0, 0.1) is 0 Å². The summed E-state index contributed by atoms with van der Waals surface area (Å²) in [5, 5.41) is 2.73. The number of carbonyl (C=O) groups is 3. The Morgan fingerprint density at radius 3 is 2.33 bits per heavy atom. The minimum atomic E-state index is -0.983. The van der Waals surface area contributed by atoms with Crippen LogP contribution in [0.25, 0.3) is 10.6 Å². The third kappa shape index (κ3) is 5.73. The van der Waals surface area contributed by atoms with Crippen LogP contribution in [-0.4, -0.2) is 52.4 Å². The molecule has 4 atom stereocenters. The molecule has 1 aliphatic rings. The Kier molecular flexibility index (Phi) is 7.33. The molecule has 3 rings (SSSR count). The van der Waals surface area contributed by atoms with Crippen LogP contribution in [0.15, 0.2) is 35.8 Å². The van der Waals surface area contributed by atoms with Crippen molar-refractivity contribution in [2.75, 3.05) is 5.75 Å². The topological polar surface area (TPSA) is 101 Å². The van der Waals surface area contributed by atoms with Crippen molar-refractivity contribution in [2.45, 2.75) is 44.5 Å². The van der Waals surface area contributed by atoms with Gasteiger partial charge in [0.25, 0.3) is 0 Å². The van der Waals surface area contributed by atoms with Crippen molar-refractivity contribution in [3.05, 3.63) is 35.8 Å². The first-order valence-electron chi connectivity index (χ1n) is 9.13. The molecule has 0 radical (unpaired) electrons. The lowest BCUT2D eigenvalue weighted by atomic mass is 10.1. The minimum Gasteiger partial charge on any atom is -0.476 e. The maximum absolute atomic E-state index is 11.7. The van der Waals surface area contributed by atoms with Gasteiger partial charge in [0.2, 0.25) is 0 Å². The highest BCUT2D eigenvalue weighted by Crippen LogP contribution is 2.35. The van der Waals surface area contributed by atoms with E-state index in [4.69, 9.17) is 18.9 Å². The molecular weight excluding hydrogens is 430 g/mol. The van der Waals surface area contributed by atoms with Crippen LogP contribution in [0.5, 0.6) is 5.75 Å². The molecule has 0 spiro atoms. The highest BCUT2D eigenvalue weighted by atomic mass is 32.2. The first kappa shape index (κ1) is 22.1. The van der Waals surface area contributed by atoms with Gasteiger partial charge in [-0.25, -0.2) is 4.98 Å². The van der Waals surface area contributed by atoms with Crippen molar-refractivity contribution >= 4 is 41.0 Å². The van der Waals surface area contributed by atoms with Crippen molar-refractivity contribution in [1.82, 2.24) is 4.98 Å². The van der Waals surface area contributed by atoms with Gasteiger partial charge in [-0.3, -0.25) is 14.4 Å². The monoisotopic (exact) mass is 451 g/mol. The van der Waals surface area contributed by atoms with Crippen LogP contribution in [0.1, 0.15) is 20.8 Å². The first-order valence-corrected chi connectivity index (χ1v) is 11.1. The number of carbonyl (C=O) groups excluding carboxylic acids is 3. The second kappa shape index (κ2) is 9.94. The molecule has 0 N–H and O–H groups in total. The largest absolute Gasteiger partial charge is 0.476 e. The Morgan fingerprint density at radius 2 is 1.70 bits per heavy atom. The number of rotatable bonds is 6. The van der Waals surface area contributed by atoms with Gasteiger partial charge in [0.15, 0.2) is 23.7 Å². The fraction of sp³-hybridized carbons (Fsp3) is 0.400. The zero-order chi connectivity index (χ0) is 21.7. The standard InChI is InChI=1S/C20H21NO7S2/c1-11(22)25-16-10-30-20(18(27-13(3)24)17(16)26-12(2)23)28-15-6-4-5-14(9-15)19-21-7-8-29-19/h4-9,16-18,20H,10H2,1-3H3/t16-,17+,18-,20+/m1/s1. The van der Waals surface area contributed by atoms with Crippen molar-refractivity contribution < 1.29 is 33.3 Å². The lowest BCUT2D eigenvalue weighted by molar-refractivity contribution is -0.186. The van der Waals surface area contributed by atoms with Crippen LogP contribution in [-0.2, 0) is 28.6 Å². The summed E-state index contributed by atoms with van der Waals surface area (Å²) in [7, 11) is 0. The van der Waals surface area contributed by atoms with Crippen LogP contribution in [0.3, 0.4) is 0 Å². The van der Waals surface area contributed by atoms with Gasteiger partial charge in [0.1, 0.15) is 10.8 Å². The molecule has 1 aromatic carbocycles. The summed E-state index contributed by atoms with van der Waals surface area (Å²) in [6.07, 6.45) is -0.982. The summed E-state index contributed by atoms with van der Waals surface area (Å²) in [6, 6.07) is 7.37. The first-order chi connectivity index (χ1) is 14.3. The maximum Gasteiger partial charge on any atom is 0.303 e. The number of thiazole rings is 1. The molecule has 2 aromatic rings. The Hall–Kier alpha value is -2.59. The van der Waals surface area contributed by atoms with Crippen LogP contribution in [0.4, 0.5) is 0 Å². The normalized spacial score (nSPS) is 23.3. The average Bonchev–Trinajstić information content (AvgIpc) is 3.20. The number of nitrogens with zero attached hydrogens (tertiary/aromatic N) is 1. The van der Waals surface area contributed by atoms with Crippen LogP contribution >= 0.6 is 23.1 Å². The van der Waals surface area contributed by atoms with Crippen LogP contribution < -0.4 is 4.74 Å². The Balaban J connectivity index is 1.85. The molecule has 160 valence electrons. The predicted molar refractivity (Wildman–Crippen MR) is 111 cm³/mol. The molecule has 0 amide bonds. The van der Waals surface area contributed by atoms with Crippen LogP contribution in [0.2, 0.25) is 0 Å².